The Morgan fingerprint density at radius 2 is 2.17 bits per heavy atom. The summed E-state index contributed by atoms with van der Waals surface area (Å²) in [7, 11) is 1.65. The van der Waals surface area contributed by atoms with Crippen LogP contribution in [0.4, 0.5) is 0 Å². The summed E-state index contributed by atoms with van der Waals surface area (Å²) in [6.45, 7) is 6.42. The Labute approximate surface area is 177 Å². The first-order valence-corrected chi connectivity index (χ1v) is 10.6. The zero-order valence-electron chi connectivity index (χ0n) is 17.9. The Hall–Kier alpha value is -2.45. The quantitative estimate of drug-likeness (QED) is 0.715. The SMILES string of the molecule is COc1ccccc1CNC(=O)[C@H]1CN2CC[C@@H]1C[C@@H]2Cn1cc(C(C)(C)O)nn1. The third kappa shape index (κ3) is 4.34. The first-order valence-electron chi connectivity index (χ1n) is 10.6. The van der Waals surface area contributed by atoms with Gasteiger partial charge in [-0.05, 0) is 45.2 Å². The van der Waals surface area contributed by atoms with Crippen LogP contribution in [0.3, 0.4) is 0 Å². The Balaban J connectivity index is 1.34. The normalized spacial score (nSPS) is 25.9. The van der Waals surface area contributed by atoms with E-state index in [-0.39, 0.29) is 11.8 Å². The van der Waals surface area contributed by atoms with E-state index in [0.29, 0.717) is 24.2 Å². The molecule has 2 bridgehead atoms. The minimum Gasteiger partial charge on any atom is -0.496 e. The van der Waals surface area contributed by atoms with Gasteiger partial charge >= 0.3 is 0 Å². The van der Waals surface area contributed by atoms with Gasteiger partial charge in [-0.25, -0.2) is 0 Å². The van der Waals surface area contributed by atoms with Crippen LogP contribution in [-0.4, -0.2) is 57.1 Å². The highest BCUT2D eigenvalue weighted by Gasteiger charge is 2.43. The molecule has 0 saturated carbocycles. The molecule has 1 aromatic heterocycles. The third-order valence-corrected chi connectivity index (χ3v) is 6.42. The predicted octanol–water partition coefficient (Wildman–Crippen LogP) is 1.54. The standard InChI is InChI=1S/C22H31N5O3/c1-22(2,29)20-14-27(25-24-20)12-17-10-15-8-9-26(17)13-18(15)21(28)23-11-16-6-4-5-7-19(16)30-3/h4-7,14-15,17-18,29H,8-13H2,1-3H3,(H,23,28)/t15-,17-,18+/m1/s1. The molecule has 0 aliphatic carbocycles. The van der Waals surface area contributed by atoms with Crippen LogP contribution in [0.25, 0.3) is 0 Å². The maximum atomic E-state index is 12.9. The van der Waals surface area contributed by atoms with Gasteiger partial charge in [0.05, 0.1) is 25.8 Å². The highest BCUT2D eigenvalue weighted by Crippen LogP contribution is 2.37. The van der Waals surface area contributed by atoms with Gasteiger partial charge < -0.3 is 15.2 Å². The number of nitrogens with one attached hydrogen (secondary N) is 1. The molecule has 0 spiro atoms. The summed E-state index contributed by atoms with van der Waals surface area (Å²) < 4.78 is 7.19. The van der Waals surface area contributed by atoms with Crippen molar-refractivity contribution in [1.82, 2.24) is 25.2 Å². The lowest BCUT2D eigenvalue weighted by Crippen LogP contribution is -2.58. The highest BCUT2D eigenvalue weighted by atomic mass is 16.5. The van der Waals surface area contributed by atoms with Gasteiger partial charge in [-0.3, -0.25) is 14.4 Å². The van der Waals surface area contributed by atoms with Crippen LogP contribution in [0.2, 0.25) is 0 Å². The number of piperidine rings is 3. The van der Waals surface area contributed by atoms with Crippen LogP contribution >= 0.6 is 0 Å². The maximum Gasteiger partial charge on any atom is 0.224 e. The van der Waals surface area contributed by atoms with Crippen molar-refractivity contribution in [3.05, 3.63) is 41.7 Å². The van der Waals surface area contributed by atoms with E-state index in [1.54, 1.807) is 21.0 Å². The molecule has 30 heavy (non-hydrogen) atoms. The van der Waals surface area contributed by atoms with Crippen molar-refractivity contribution in [2.75, 3.05) is 20.2 Å². The van der Waals surface area contributed by atoms with Crippen molar-refractivity contribution in [3.63, 3.8) is 0 Å². The molecule has 3 aliphatic heterocycles. The highest BCUT2D eigenvalue weighted by molar-refractivity contribution is 5.79. The number of hydrogen-bond acceptors (Lipinski definition) is 6. The molecule has 0 radical (unpaired) electrons. The lowest BCUT2D eigenvalue weighted by molar-refractivity contribution is -0.133. The van der Waals surface area contributed by atoms with Crippen molar-refractivity contribution in [2.24, 2.45) is 11.8 Å². The maximum absolute atomic E-state index is 12.9. The summed E-state index contributed by atoms with van der Waals surface area (Å²) in [6, 6.07) is 8.12. The van der Waals surface area contributed by atoms with Crippen LogP contribution < -0.4 is 10.1 Å². The summed E-state index contributed by atoms with van der Waals surface area (Å²) >= 11 is 0. The van der Waals surface area contributed by atoms with Crippen LogP contribution in [0.5, 0.6) is 5.75 Å². The molecule has 1 aromatic carbocycles. The fourth-order valence-corrected chi connectivity index (χ4v) is 4.67. The summed E-state index contributed by atoms with van der Waals surface area (Å²) in [5, 5.41) is 21.5. The van der Waals surface area contributed by atoms with E-state index < -0.39 is 5.60 Å². The second-order valence-corrected chi connectivity index (χ2v) is 8.95. The molecule has 1 unspecified atom stereocenters. The van der Waals surface area contributed by atoms with Gasteiger partial charge in [0.15, 0.2) is 0 Å². The minimum atomic E-state index is -0.991. The summed E-state index contributed by atoms with van der Waals surface area (Å²) in [4.78, 5) is 15.3. The van der Waals surface area contributed by atoms with Crippen LogP contribution in [0, 0.1) is 11.8 Å². The van der Waals surface area contributed by atoms with E-state index in [1.807, 2.05) is 35.1 Å². The van der Waals surface area contributed by atoms with E-state index in [2.05, 4.69) is 20.5 Å². The van der Waals surface area contributed by atoms with E-state index in [9.17, 15) is 9.90 Å². The molecule has 5 rings (SSSR count). The fraction of sp³-hybridized carbons (Fsp3) is 0.591. The van der Waals surface area contributed by atoms with Gasteiger partial charge in [-0.1, -0.05) is 23.4 Å². The molecule has 3 saturated heterocycles. The van der Waals surface area contributed by atoms with Crippen LogP contribution in [-0.2, 0) is 23.5 Å². The Kier molecular flexibility index (Phi) is 5.79. The molecular formula is C22H31N5O3. The second kappa shape index (κ2) is 8.35. The molecule has 2 N–H and O–H groups in total. The van der Waals surface area contributed by atoms with Crippen molar-refractivity contribution < 1.29 is 14.6 Å². The molecular weight excluding hydrogens is 382 g/mol. The Bertz CT molecular complexity index is 891. The van der Waals surface area contributed by atoms with Crippen LogP contribution in [0.15, 0.2) is 30.5 Å². The summed E-state index contributed by atoms with van der Waals surface area (Å²) in [6.07, 6.45) is 3.85. The number of carbonyl (C=O) groups is 1. The fourth-order valence-electron chi connectivity index (χ4n) is 4.67. The minimum absolute atomic E-state index is 0.0207. The largest absolute Gasteiger partial charge is 0.496 e. The number of aromatic nitrogens is 3. The van der Waals surface area contributed by atoms with Crippen molar-refractivity contribution in [2.45, 2.75) is 51.4 Å². The van der Waals surface area contributed by atoms with E-state index in [4.69, 9.17) is 4.74 Å². The zero-order chi connectivity index (χ0) is 21.3. The second-order valence-electron chi connectivity index (χ2n) is 8.95. The number of amides is 1. The first-order chi connectivity index (χ1) is 14.3. The number of carbonyl (C=O) groups excluding carboxylic acids is 1. The number of benzene rings is 1. The molecule has 4 atom stereocenters. The Morgan fingerprint density at radius 1 is 1.37 bits per heavy atom. The average Bonchev–Trinajstić information content (AvgIpc) is 3.22. The van der Waals surface area contributed by atoms with Gasteiger partial charge in [0.25, 0.3) is 0 Å². The van der Waals surface area contributed by atoms with Crippen molar-refractivity contribution >= 4 is 5.91 Å². The van der Waals surface area contributed by atoms with Gasteiger partial charge in [0.1, 0.15) is 17.0 Å². The number of methoxy groups -OCH3 is 1. The summed E-state index contributed by atoms with van der Waals surface area (Å²) in [5.41, 5.74) is 0.572. The third-order valence-electron chi connectivity index (χ3n) is 6.42. The van der Waals surface area contributed by atoms with E-state index >= 15 is 0 Å². The molecule has 8 heteroatoms. The van der Waals surface area contributed by atoms with E-state index in [1.165, 1.54) is 0 Å². The van der Waals surface area contributed by atoms with Crippen LogP contribution in [0.1, 0.15) is 37.9 Å². The van der Waals surface area contributed by atoms with E-state index in [0.717, 1.165) is 43.8 Å². The van der Waals surface area contributed by atoms with Crippen molar-refractivity contribution in [1.29, 1.82) is 0 Å². The smallest absolute Gasteiger partial charge is 0.224 e. The first kappa shape index (κ1) is 20.8. The lowest BCUT2D eigenvalue weighted by atomic mass is 9.75. The molecule has 162 valence electrons. The van der Waals surface area contributed by atoms with Gasteiger partial charge in [-0.2, -0.15) is 0 Å². The molecule has 1 amide bonds. The molecule has 3 aliphatic rings. The number of nitrogens with zero attached hydrogens (tertiary/aromatic N) is 4. The molecule has 2 aromatic rings. The summed E-state index contributed by atoms with van der Waals surface area (Å²) in [5.74, 6) is 1.33. The number of rotatable bonds is 7. The Morgan fingerprint density at radius 3 is 2.83 bits per heavy atom. The predicted molar refractivity (Wildman–Crippen MR) is 112 cm³/mol. The number of para-hydroxylation sites is 1. The van der Waals surface area contributed by atoms with Gasteiger partial charge in [0, 0.05) is 24.7 Å². The molecule has 3 fully saturated rings. The number of fused-ring (bicyclic) bond motifs is 3. The zero-order valence-corrected chi connectivity index (χ0v) is 17.9. The van der Waals surface area contributed by atoms with Gasteiger partial charge in [0.2, 0.25) is 5.91 Å². The van der Waals surface area contributed by atoms with Gasteiger partial charge in [-0.15, -0.1) is 5.10 Å². The number of hydrogen-bond donors (Lipinski definition) is 2. The average molecular weight is 414 g/mol. The number of aliphatic hydroxyl groups is 1. The topological polar surface area (TPSA) is 92.5 Å². The molecule has 8 nitrogen and oxygen atoms in total. The monoisotopic (exact) mass is 413 g/mol. The van der Waals surface area contributed by atoms with Crippen molar-refractivity contribution in [3.8, 4) is 5.75 Å². The lowest BCUT2D eigenvalue weighted by Gasteiger charge is -2.49. The number of ether oxygens (including phenoxy) is 1. The molecule has 4 heterocycles.